The summed E-state index contributed by atoms with van der Waals surface area (Å²) in [5.41, 5.74) is 1.24. The zero-order valence-electron chi connectivity index (χ0n) is 11.7. The zero-order chi connectivity index (χ0) is 15.6. The Hall–Kier alpha value is -2.04. The summed E-state index contributed by atoms with van der Waals surface area (Å²) in [5, 5.41) is 2.92. The van der Waals surface area contributed by atoms with Crippen molar-refractivity contribution >= 4 is 5.69 Å². The van der Waals surface area contributed by atoms with E-state index in [1.165, 1.54) is 19.1 Å². The van der Waals surface area contributed by atoms with E-state index in [9.17, 15) is 17.6 Å². The number of hydrogen-bond donors (Lipinski definition) is 1. The van der Waals surface area contributed by atoms with E-state index in [0.29, 0.717) is 17.8 Å². The fraction of sp³-hybridized carbons (Fsp3) is 0.250. The van der Waals surface area contributed by atoms with Crippen LogP contribution in [0.3, 0.4) is 0 Å². The summed E-state index contributed by atoms with van der Waals surface area (Å²) >= 11 is 0. The largest absolute Gasteiger partial charge is 0.416 e. The predicted octanol–water partition coefficient (Wildman–Crippen LogP) is 5.07. The van der Waals surface area contributed by atoms with Crippen molar-refractivity contribution in [2.75, 3.05) is 5.32 Å². The highest BCUT2D eigenvalue weighted by Gasteiger charge is 2.32. The maximum Gasteiger partial charge on any atom is 0.416 e. The van der Waals surface area contributed by atoms with Crippen LogP contribution in [0.1, 0.15) is 22.3 Å². The summed E-state index contributed by atoms with van der Waals surface area (Å²) < 4.78 is 51.6. The lowest BCUT2D eigenvalue weighted by atomic mass is 10.1. The van der Waals surface area contributed by atoms with Crippen molar-refractivity contribution in [1.82, 2.24) is 0 Å². The smallest absolute Gasteiger partial charge is 0.381 e. The molecule has 0 aliphatic carbocycles. The summed E-state index contributed by atoms with van der Waals surface area (Å²) in [5.74, 6) is -0.298. The lowest BCUT2D eigenvalue weighted by molar-refractivity contribution is -0.138. The van der Waals surface area contributed by atoms with E-state index < -0.39 is 11.7 Å². The van der Waals surface area contributed by atoms with E-state index in [1.54, 1.807) is 25.1 Å². The molecule has 2 aromatic rings. The first-order valence-electron chi connectivity index (χ1n) is 6.44. The minimum atomic E-state index is -4.37. The maximum atomic E-state index is 13.1. The first kappa shape index (κ1) is 15.4. The summed E-state index contributed by atoms with van der Waals surface area (Å²) in [6.07, 6.45) is -4.37. The molecule has 21 heavy (non-hydrogen) atoms. The molecule has 0 fully saturated rings. The fourth-order valence-corrected chi connectivity index (χ4v) is 2.06. The second kappa shape index (κ2) is 5.76. The lowest BCUT2D eigenvalue weighted by Gasteiger charge is -2.13. The van der Waals surface area contributed by atoms with Crippen LogP contribution in [0.5, 0.6) is 0 Å². The zero-order valence-corrected chi connectivity index (χ0v) is 11.7. The summed E-state index contributed by atoms with van der Waals surface area (Å²) in [7, 11) is 0. The Morgan fingerprint density at radius 3 is 2.29 bits per heavy atom. The molecule has 2 rings (SSSR count). The summed E-state index contributed by atoms with van der Waals surface area (Å²) in [4.78, 5) is 0. The van der Waals surface area contributed by atoms with Crippen LogP contribution in [0, 0.1) is 19.7 Å². The van der Waals surface area contributed by atoms with Crippen LogP contribution in [0.15, 0.2) is 36.4 Å². The van der Waals surface area contributed by atoms with Crippen LogP contribution in [-0.4, -0.2) is 0 Å². The predicted molar refractivity (Wildman–Crippen MR) is 74.6 cm³/mol. The van der Waals surface area contributed by atoms with Crippen LogP contribution in [0.2, 0.25) is 0 Å². The van der Waals surface area contributed by atoms with Crippen LogP contribution in [0.25, 0.3) is 0 Å². The fourth-order valence-electron chi connectivity index (χ4n) is 2.06. The van der Waals surface area contributed by atoms with Crippen molar-refractivity contribution in [1.29, 1.82) is 0 Å². The molecule has 1 N–H and O–H groups in total. The molecule has 0 saturated carbocycles. The van der Waals surface area contributed by atoms with Gasteiger partial charge in [0.2, 0.25) is 0 Å². The van der Waals surface area contributed by atoms with Gasteiger partial charge in [-0.1, -0.05) is 18.2 Å². The van der Waals surface area contributed by atoms with Crippen molar-refractivity contribution in [3.63, 3.8) is 0 Å². The molecule has 0 aliphatic rings. The minimum absolute atomic E-state index is 0.186. The standard InChI is InChI=1S/C16H15F4N/c1-10-3-5-13(8-14(10)16(18,19)20)21-9-12-4-6-15(17)11(2)7-12/h3-8,21H,9H2,1-2H3. The first-order chi connectivity index (χ1) is 9.77. The Morgan fingerprint density at radius 1 is 0.952 bits per heavy atom. The Morgan fingerprint density at radius 2 is 1.67 bits per heavy atom. The van der Waals surface area contributed by atoms with Gasteiger partial charge in [-0.25, -0.2) is 4.39 Å². The number of halogens is 4. The molecule has 0 atom stereocenters. The van der Waals surface area contributed by atoms with Gasteiger partial charge >= 0.3 is 6.18 Å². The molecule has 112 valence electrons. The second-order valence-corrected chi connectivity index (χ2v) is 4.96. The Labute approximate surface area is 120 Å². The van der Waals surface area contributed by atoms with Crippen molar-refractivity contribution in [3.8, 4) is 0 Å². The molecule has 0 aliphatic heterocycles. The molecule has 2 aromatic carbocycles. The maximum absolute atomic E-state index is 13.1. The normalized spacial score (nSPS) is 11.5. The molecule has 0 heterocycles. The number of nitrogens with one attached hydrogen (secondary N) is 1. The Bertz CT molecular complexity index is 647. The van der Waals surface area contributed by atoms with Crippen LogP contribution in [-0.2, 0) is 12.7 Å². The van der Waals surface area contributed by atoms with Gasteiger partial charge in [-0.15, -0.1) is 0 Å². The molecule has 0 radical (unpaired) electrons. The van der Waals surface area contributed by atoms with Crippen molar-refractivity contribution in [2.24, 2.45) is 0 Å². The number of rotatable bonds is 3. The van der Waals surface area contributed by atoms with Crippen LogP contribution < -0.4 is 5.32 Å². The van der Waals surface area contributed by atoms with E-state index in [-0.39, 0.29) is 11.4 Å². The molecule has 5 heteroatoms. The van der Waals surface area contributed by atoms with Gasteiger partial charge < -0.3 is 5.32 Å². The average molecular weight is 297 g/mol. The van der Waals surface area contributed by atoms with Crippen molar-refractivity contribution < 1.29 is 17.6 Å². The highest BCUT2D eigenvalue weighted by Crippen LogP contribution is 2.33. The molecule has 0 saturated heterocycles. The van der Waals surface area contributed by atoms with Gasteiger partial charge in [-0.2, -0.15) is 13.2 Å². The van der Waals surface area contributed by atoms with Gasteiger partial charge in [0.1, 0.15) is 5.82 Å². The number of anilines is 1. The third-order valence-electron chi connectivity index (χ3n) is 3.26. The SMILES string of the molecule is Cc1cc(CNc2ccc(C)c(C(F)(F)F)c2)ccc1F. The molecular formula is C16H15F4N. The number of benzene rings is 2. The second-order valence-electron chi connectivity index (χ2n) is 4.96. The molecule has 0 bridgehead atoms. The monoisotopic (exact) mass is 297 g/mol. The number of aryl methyl sites for hydroxylation is 2. The van der Waals surface area contributed by atoms with Gasteiger partial charge in [-0.05, 0) is 48.7 Å². The molecule has 0 unspecified atom stereocenters. The van der Waals surface area contributed by atoms with Gasteiger partial charge in [0.25, 0.3) is 0 Å². The van der Waals surface area contributed by atoms with Gasteiger partial charge in [-0.3, -0.25) is 0 Å². The van der Waals surface area contributed by atoms with E-state index in [2.05, 4.69) is 5.32 Å². The minimum Gasteiger partial charge on any atom is -0.381 e. The highest BCUT2D eigenvalue weighted by molar-refractivity contribution is 5.49. The Kier molecular flexibility index (Phi) is 4.21. The third-order valence-corrected chi connectivity index (χ3v) is 3.26. The topological polar surface area (TPSA) is 12.0 Å². The van der Waals surface area contributed by atoms with E-state index in [0.717, 1.165) is 11.6 Å². The highest BCUT2D eigenvalue weighted by atomic mass is 19.4. The quantitative estimate of drug-likeness (QED) is 0.780. The molecule has 0 aromatic heterocycles. The average Bonchev–Trinajstić information content (AvgIpc) is 2.40. The van der Waals surface area contributed by atoms with Gasteiger partial charge in [0.15, 0.2) is 0 Å². The van der Waals surface area contributed by atoms with Gasteiger partial charge in [0.05, 0.1) is 5.56 Å². The molecule has 0 amide bonds. The summed E-state index contributed by atoms with van der Waals surface area (Å²) in [6, 6.07) is 8.74. The first-order valence-corrected chi connectivity index (χ1v) is 6.44. The molecule has 0 spiro atoms. The molecular weight excluding hydrogens is 282 g/mol. The van der Waals surface area contributed by atoms with E-state index in [4.69, 9.17) is 0 Å². The Balaban J connectivity index is 2.15. The molecule has 1 nitrogen and oxygen atoms in total. The van der Waals surface area contributed by atoms with Gasteiger partial charge in [0, 0.05) is 12.2 Å². The van der Waals surface area contributed by atoms with Crippen molar-refractivity contribution in [3.05, 3.63) is 64.5 Å². The third kappa shape index (κ3) is 3.74. The van der Waals surface area contributed by atoms with Crippen LogP contribution in [0.4, 0.5) is 23.2 Å². The van der Waals surface area contributed by atoms with Crippen molar-refractivity contribution in [2.45, 2.75) is 26.6 Å². The number of hydrogen-bond acceptors (Lipinski definition) is 1. The lowest BCUT2D eigenvalue weighted by Crippen LogP contribution is -2.09. The van der Waals surface area contributed by atoms with Crippen LogP contribution >= 0.6 is 0 Å². The number of alkyl halides is 3. The summed E-state index contributed by atoms with van der Waals surface area (Å²) in [6.45, 7) is 3.41. The van der Waals surface area contributed by atoms with E-state index >= 15 is 0 Å². The van der Waals surface area contributed by atoms with E-state index in [1.807, 2.05) is 0 Å².